The normalized spacial score (nSPS) is 18.7. The van der Waals surface area contributed by atoms with E-state index in [0.29, 0.717) is 0 Å². The molecule has 1 fully saturated rings. The number of methoxy groups -OCH3 is 1. The molecule has 27 heavy (non-hydrogen) atoms. The van der Waals surface area contributed by atoms with E-state index in [9.17, 15) is 4.79 Å². The lowest BCUT2D eigenvalue weighted by Gasteiger charge is -2.41. The predicted octanol–water partition coefficient (Wildman–Crippen LogP) is 3.38. The van der Waals surface area contributed by atoms with Crippen LogP contribution < -0.4 is 4.90 Å². The number of rotatable bonds is 3. The van der Waals surface area contributed by atoms with Crippen molar-refractivity contribution in [2.24, 2.45) is 0 Å². The van der Waals surface area contributed by atoms with E-state index in [1.807, 2.05) is 37.3 Å². The molecular formula is C22H27N3O2. The van der Waals surface area contributed by atoms with E-state index in [1.54, 1.807) is 0 Å². The number of esters is 1. The first-order valence-electron chi connectivity index (χ1n) is 9.89. The number of fused-ring (bicyclic) bond motifs is 1. The molecule has 0 N–H and O–H groups in total. The first-order valence-corrected chi connectivity index (χ1v) is 9.89. The molecule has 0 amide bonds. The third-order valence-electron chi connectivity index (χ3n) is 6.09. The highest BCUT2D eigenvalue weighted by atomic mass is 16.5. The van der Waals surface area contributed by atoms with Gasteiger partial charge < -0.3 is 9.64 Å². The van der Waals surface area contributed by atoms with Gasteiger partial charge in [0.1, 0.15) is 11.6 Å². The lowest BCUT2D eigenvalue weighted by atomic mass is 9.72. The van der Waals surface area contributed by atoms with Crippen LogP contribution in [0.25, 0.3) is 0 Å². The van der Waals surface area contributed by atoms with Crippen molar-refractivity contribution >= 4 is 11.8 Å². The zero-order chi connectivity index (χ0) is 18.9. The molecule has 142 valence electrons. The van der Waals surface area contributed by atoms with Crippen LogP contribution in [-0.4, -0.2) is 36.1 Å². The Morgan fingerprint density at radius 3 is 2.48 bits per heavy atom. The Balaban J connectivity index is 1.63. The fourth-order valence-corrected chi connectivity index (χ4v) is 4.62. The zero-order valence-corrected chi connectivity index (χ0v) is 16.2. The van der Waals surface area contributed by atoms with E-state index in [1.165, 1.54) is 31.2 Å². The maximum absolute atomic E-state index is 12.8. The van der Waals surface area contributed by atoms with Crippen LogP contribution in [0.4, 0.5) is 5.82 Å². The summed E-state index contributed by atoms with van der Waals surface area (Å²) in [5, 5.41) is 0. The number of carbonyl (C=O) groups excluding carboxylic acids is 1. The number of aromatic nitrogens is 2. The Kier molecular flexibility index (Phi) is 4.85. The van der Waals surface area contributed by atoms with Crippen molar-refractivity contribution < 1.29 is 9.53 Å². The number of hydrogen-bond donors (Lipinski definition) is 0. The molecule has 0 saturated carbocycles. The summed E-state index contributed by atoms with van der Waals surface area (Å²) in [5.41, 5.74) is 3.03. The molecule has 1 aromatic carbocycles. The Labute approximate surface area is 160 Å². The van der Waals surface area contributed by atoms with Gasteiger partial charge in [-0.1, -0.05) is 30.3 Å². The molecule has 0 bridgehead atoms. The Bertz CT molecular complexity index is 827. The molecule has 0 unspecified atom stereocenters. The van der Waals surface area contributed by atoms with Crippen LogP contribution in [0.15, 0.2) is 30.3 Å². The molecule has 0 radical (unpaired) electrons. The average Bonchev–Trinajstić information content (AvgIpc) is 2.73. The summed E-state index contributed by atoms with van der Waals surface area (Å²) in [6.45, 7) is 3.57. The summed E-state index contributed by atoms with van der Waals surface area (Å²) in [5.74, 6) is 1.80. The predicted molar refractivity (Wildman–Crippen MR) is 105 cm³/mol. The molecule has 2 aromatic rings. The molecule has 1 aliphatic carbocycles. The molecule has 5 heteroatoms. The molecule has 1 saturated heterocycles. The summed E-state index contributed by atoms with van der Waals surface area (Å²) < 4.78 is 5.22. The lowest BCUT2D eigenvalue weighted by Crippen LogP contribution is -2.48. The van der Waals surface area contributed by atoms with Gasteiger partial charge in [0.2, 0.25) is 0 Å². The summed E-state index contributed by atoms with van der Waals surface area (Å²) in [6, 6.07) is 10.1. The van der Waals surface area contributed by atoms with Crippen LogP contribution >= 0.6 is 0 Å². The second-order valence-corrected chi connectivity index (χ2v) is 7.65. The highest BCUT2D eigenvalue weighted by molar-refractivity contribution is 5.83. The number of piperidine rings is 1. The lowest BCUT2D eigenvalue weighted by molar-refractivity contribution is -0.148. The topological polar surface area (TPSA) is 55.3 Å². The van der Waals surface area contributed by atoms with Crippen molar-refractivity contribution in [2.75, 3.05) is 25.1 Å². The second-order valence-electron chi connectivity index (χ2n) is 7.65. The van der Waals surface area contributed by atoms with Crippen molar-refractivity contribution in [1.29, 1.82) is 0 Å². The quantitative estimate of drug-likeness (QED) is 0.781. The van der Waals surface area contributed by atoms with E-state index in [-0.39, 0.29) is 5.97 Å². The third kappa shape index (κ3) is 3.20. The number of ether oxygens (including phenoxy) is 1. The first kappa shape index (κ1) is 18.0. The maximum Gasteiger partial charge on any atom is 0.316 e. The molecule has 0 spiro atoms. The summed E-state index contributed by atoms with van der Waals surface area (Å²) in [4.78, 5) is 24.6. The number of anilines is 1. The van der Waals surface area contributed by atoms with E-state index in [2.05, 4.69) is 9.88 Å². The summed E-state index contributed by atoms with van der Waals surface area (Å²) in [7, 11) is 1.49. The summed E-state index contributed by atoms with van der Waals surface area (Å²) in [6.07, 6.45) is 6.00. The Hall–Kier alpha value is -2.43. The van der Waals surface area contributed by atoms with Crippen molar-refractivity contribution in [1.82, 2.24) is 9.97 Å². The molecule has 2 aliphatic rings. The van der Waals surface area contributed by atoms with Gasteiger partial charge in [-0.05, 0) is 51.0 Å². The van der Waals surface area contributed by atoms with E-state index < -0.39 is 5.41 Å². The van der Waals surface area contributed by atoms with Gasteiger partial charge in [0, 0.05) is 24.3 Å². The summed E-state index contributed by atoms with van der Waals surface area (Å²) >= 11 is 0. The average molecular weight is 365 g/mol. The van der Waals surface area contributed by atoms with Gasteiger partial charge >= 0.3 is 5.97 Å². The van der Waals surface area contributed by atoms with Crippen molar-refractivity contribution in [3.05, 3.63) is 53.0 Å². The monoisotopic (exact) mass is 365 g/mol. The minimum atomic E-state index is -0.561. The molecule has 4 rings (SSSR count). The Morgan fingerprint density at radius 2 is 1.78 bits per heavy atom. The fourth-order valence-electron chi connectivity index (χ4n) is 4.62. The van der Waals surface area contributed by atoms with Crippen molar-refractivity contribution in [3.8, 4) is 0 Å². The highest BCUT2D eigenvalue weighted by Gasteiger charge is 2.44. The number of carbonyl (C=O) groups is 1. The van der Waals surface area contributed by atoms with Crippen LogP contribution in [0.1, 0.15) is 48.3 Å². The largest absolute Gasteiger partial charge is 0.468 e. The van der Waals surface area contributed by atoms with Crippen molar-refractivity contribution in [2.45, 2.75) is 50.9 Å². The molecule has 1 aromatic heterocycles. The van der Waals surface area contributed by atoms with Crippen LogP contribution in [0.5, 0.6) is 0 Å². The smallest absolute Gasteiger partial charge is 0.316 e. The molecular weight excluding hydrogens is 338 g/mol. The third-order valence-corrected chi connectivity index (χ3v) is 6.09. The number of benzene rings is 1. The SMILES string of the molecule is COC(=O)C1(c2ccccc2)CCN(c2nc(C)nc3c2CCCC3)CC1. The van der Waals surface area contributed by atoms with Gasteiger partial charge in [-0.2, -0.15) is 0 Å². The van der Waals surface area contributed by atoms with Gasteiger partial charge in [-0.25, -0.2) is 9.97 Å². The Morgan fingerprint density at radius 1 is 1.07 bits per heavy atom. The molecule has 1 aliphatic heterocycles. The van der Waals surface area contributed by atoms with Crippen LogP contribution in [0.2, 0.25) is 0 Å². The first-order chi connectivity index (χ1) is 13.1. The van der Waals surface area contributed by atoms with Gasteiger partial charge in [0.25, 0.3) is 0 Å². The van der Waals surface area contributed by atoms with Crippen LogP contribution in [0, 0.1) is 6.92 Å². The second kappa shape index (κ2) is 7.29. The minimum absolute atomic E-state index is 0.130. The van der Waals surface area contributed by atoms with Crippen LogP contribution in [-0.2, 0) is 27.8 Å². The maximum atomic E-state index is 12.8. The number of hydrogen-bond acceptors (Lipinski definition) is 5. The van der Waals surface area contributed by atoms with Gasteiger partial charge in [-0.3, -0.25) is 4.79 Å². The van der Waals surface area contributed by atoms with Crippen LogP contribution in [0.3, 0.4) is 0 Å². The van der Waals surface area contributed by atoms with Gasteiger partial charge in [0.15, 0.2) is 0 Å². The molecule has 2 heterocycles. The molecule has 5 nitrogen and oxygen atoms in total. The fraction of sp³-hybridized carbons (Fsp3) is 0.500. The van der Waals surface area contributed by atoms with E-state index in [0.717, 1.165) is 56.0 Å². The number of nitrogens with zero attached hydrogens (tertiary/aromatic N) is 3. The van der Waals surface area contributed by atoms with Gasteiger partial charge in [0.05, 0.1) is 12.5 Å². The highest BCUT2D eigenvalue weighted by Crippen LogP contribution is 2.39. The van der Waals surface area contributed by atoms with Gasteiger partial charge in [-0.15, -0.1) is 0 Å². The van der Waals surface area contributed by atoms with Crippen molar-refractivity contribution in [3.63, 3.8) is 0 Å². The molecule has 0 atom stereocenters. The zero-order valence-electron chi connectivity index (χ0n) is 16.2. The van der Waals surface area contributed by atoms with E-state index in [4.69, 9.17) is 9.72 Å². The minimum Gasteiger partial charge on any atom is -0.468 e. The number of aryl methyl sites for hydroxylation is 2. The standard InChI is InChI=1S/C22H27N3O2/c1-16-23-19-11-7-6-10-18(19)20(24-16)25-14-12-22(13-15-25,21(26)27-2)17-8-4-3-5-9-17/h3-5,8-9H,6-7,10-15H2,1-2H3. The van der Waals surface area contributed by atoms with E-state index >= 15 is 0 Å².